The van der Waals surface area contributed by atoms with Crippen LogP contribution in [0.1, 0.15) is 53.2 Å². The van der Waals surface area contributed by atoms with E-state index in [0.717, 1.165) is 19.6 Å². The molecule has 3 atom stereocenters. The molecule has 1 aromatic heterocycles. The van der Waals surface area contributed by atoms with Crippen molar-refractivity contribution in [1.82, 2.24) is 15.4 Å². The van der Waals surface area contributed by atoms with Crippen molar-refractivity contribution < 1.29 is 9.32 Å². The second kappa shape index (κ2) is 6.30. The van der Waals surface area contributed by atoms with Crippen LogP contribution in [0.3, 0.4) is 0 Å². The number of aromatic nitrogens is 1. The fourth-order valence-electron chi connectivity index (χ4n) is 4.48. The third-order valence-electron chi connectivity index (χ3n) is 5.37. The van der Waals surface area contributed by atoms with Crippen molar-refractivity contribution in [2.24, 2.45) is 11.8 Å². The van der Waals surface area contributed by atoms with E-state index in [2.05, 4.69) is 53.5 Å². The molecule has 0 spiro atoms. The normalized spacial score (nSPS) is 25.2. The van der Waals surface area contributed by atoms with Gasteiger partial charge >= 0.3 is 0 Å². The number of carbonyl (C=O) groups excluding carboxylic acids is 1. The molecule has 1 amide bonds. The highest BCUT2D eigenvalue weighted by molar-refractivity contribution is 5.92. The highest BCUT2D eigenvalue weighted by Gasteiger charge is 2.46. The molecule has 25 heavy (non-hydrogen) atoms. The maximum absolute atomic E-state index is 12.6. The number of hydrogen-bond acceptors (Lipinski definition) is 4. The lowest BCUT2D eigenvalue weighted by Gasteiger charge is -2.23. The molecule has 1 saturated heterocycles. The highest BCUT2D eigenvalue weighted by Crippen LogP contribution is 2.49. The van der Waals surface area contributed by atoms with E-state index in [9.17, 15) is 4.79 Å². The molecule has 0 saturated carbocycles. The molecular weight excluding hydrogens is 314 g/mol. The smallest absolute Gasteiger partial charge is 0.273 e. The number of nitrogens with one attached hydrogen (secondary N) is 1. The monoisotopic (exact) mass is 339 g/mol. The molecule has 1 fully saturated rings. The van der Waals surface area contributed by atoms with E-state index >= 15 is 0 Å². The molecule has 0 bridgehead atoms. The van der Waals surface area contributed by atoms with Gasteiger partial charge in [-0.15, -0.1) is 0 Å². The minimum Gasteiger partial charge on any atom is -0.361 e. The third kappa shape index (κ3) is 2.97. The van der Waals surface area contributed by atoms with E-state index < -0.39 is 0 Å². The summed E-state index contributed by atoms with van der Waals surface area (Å²) < 4.78 is 5.05. The minimum atomic E-state index is -0.153. The van der Waals surface area contributed by atoms with Crippen LogP contribution in [0, 0.1) is 18.8 Å². The first-order valence-corrected chi connectivity index (χ1v) is 9.08. The number of benzene rings is 1. The lowest BCUT2D eigenvalue weighted by molar-refractivity contribution is 0.0914. The summed E-state index contributed by atoms with van der Waals surface area (Å²) in [5.74, 6) is 2.08. The van der Waals surface area contributed by atoms with Gasteiger partial charge in [0.15, 0.2) is 5.69 Å². The Morgan fingerprint density at radius 3 is 2.76 bits per heavy atom. The number of likely N-dealkylation sites (tertiary alicyclic amines) is 1. The maximum atomic E-state index is 12.6. The van der Waals surface area contributed by atoms with Crippen molar-refractivity contribution in [2.75, 3.05) is 19.6 Å². The van der Waals surface area contributed by atoms with Gasteiger partial charge in [-0.2, -0.15) is 0 Å². The highest BCUT2D eigenvalue weighted by atomic mass is 16.5. The summed E-state index contributed by atoms with van der Waals surface area (Å²) in [4.78, 5) is 15.2. The van der Waals surface area contributed by atoms with Gasteiger partial charge in [-0.05, 0) is 24.0 Å². The molecule has 0 unspecified atom stereocenters. The van der Waals surface area contributed by atoms with E-state index in [4.69, 9.17) is 4.52 Å². The van der Waals surface area contributed by atoms with Gasteiger partial charge in [0, 0.05) is 37.5 Å². The van der Waals surface area contributed by atoms with Crippen LogP contribution >= 0.6 is 0 Å². The summed E-state index contributed by atoms with van der Waals surface area (Å²) in [6, 6.07) is 10.3. The molecule has 5 heteroatoms. The molecular formula is C20H25N3O2. The van der Waals surface area contributed by atoms with Crippen LogP contribution in [-0.4, -0.2) is 35.6 Å². The van der Waals surface area contributed by atoms with Gasteiger partial charge in [-0.25, -0.2) is 0 Å². The van der Waals surface area contributed by atoms with Crippen LogP contribution in [0.2, 0.25) is 0 Å². The minimum absolute atomic E-state index is 0.0443. The van der Waals surface area contributed by atoms with Crippen molar-refractivity contribution >= 4 is 5.91 Å². The number of aryl methyl sites for hydroxylation is 1. The number of rotatable bonds is 4. The van der Waals surface area contributed by atoms with E-state index in [0.29, 0.717) is 29.2 Å². The third-order valence-corrected chi connectivity index (χ3v) is 5.37. The van der Waals surface area contributed by atoms with Crippen LogP contribution in [0.5, 0.6) is 0 Å². The number of carbonyl (C=O) groups is 1. The van der Waals surface area contributed by atoms with Gasteiger partial charge in [0.05, 0.1) is 6.04 Å². The fraction of sp³-hybridized carbons (Fsp3) is 0.500. The Morgan fingerprint density at radius 1 is 1.32 bits per heavy atom. The summed E-state index contributed by atoms with van der Waals surface area (Å²) in [7, 11) is 0. The second-order valence-corrected chi connectivity index (χ2v) is 7.79. The molecule has 2 aliphatic rings. The van der Waals surface area contributed by atoms with Crippen molar-refractivity contribution in [3.63, 3.8) is 0 Å². The first kappa shape index (κ1) is 16.3. The second-order valence-electron chi connectivity index (χ2n) is 7.79. The Hall–Kier alpha value is -2.14. The Balaban J connectivity index is 1.59. The Labute approximate surface area is 148 Å². The average Bonchev–Trinajstić information content (AvgIpc) is 3.24. The van der Waals surface area contributed by atoms with Gasteiger partial charge in [-0.3, -0.25) is 4.79 Å². The predicted molar refractivity (Wildman–Crippen MR) is 95.4 cm³/mol. The van der Waals surface area contributed by atoms with Crippen LogP contribution in [0.25, 0.3) is 0 Å². The van der Waals surface area contributed by atoms with E-state index in [1.54, 1.807) is 13.0 Å². The molecule has 1 N–H and O–H groups in total. The van der Waals surface area contributed by atoms with Crippen molar-refractivity contribution in [1.29, 1.82) is 0 Å². The summed E-state index contributed by atoms with van der Waals surface area (Å²) in [6.45, 7) is 9.53. The standard InChI is InChI=1S/C20H25N3O2/c1-12(2)9-23-10-16-14-6-4-5-7-15(14)19(17(16)11-23)21-20(24)18-8-13(3)25-22-18/h4-8,12,16-17,19H,9-11H2,1-3H3,(H,21,24)/t16-,17-,19+/m0/s1. The van der Waals surface area contributed by atoms with Crippen molar-refractivity contribution in [2.45, 2.75) is 32.7 Å². The average molecular weight is 339 g/mol. The van der Waals surface area contributed by atoms with Crippen LogP contribution in [0.4, 0.5) is 0 Å². The maximum Gasteiger partial charge on any atom is 0.273 e. The van der Waals surface area contributed by atoms with Crippen LogP contribution in [-0.2, 0) is 0 Å². The Morgan fingerprint density at radius 2 is 2.08 bits per heavy atom. The first-order valence-electron chi connectivity index (χ1n) is 9.08. The van der Waals surface area contributed by atoms with Crippen LogP contribution < -0.4 is 5.32 Å². The predicted octanol–water partition coefficient (Wildman–Crippen LogP) is 3.14. The summed E-state index contributed by atoms with van der Waals surface area (Å²) in [5, 5.41) is 7.08. The lowest BCUT2D eigenvalue weighted by atomic mass is 9.94. The number of amides is 1. The van der Waals surface area contributed by atoms with Gasteiger partial charge in [0.25, 0.3) is 5.91 Å². The fourth-order valence-corrected chi connectivity index (χ4v) is 4.48. The summed E-state index contributed by atoms with van der Waals surface area (Å²) in [6.07, 6.45) is 0. The van der Waals surface area contributed by atoms with E-state index in [-0.39, 0.29) is 11.9 Å². The molecule has 2 aromatic rings. The number of nitrogens with zero attached hydrogens (tertiary/aromatic N) is 2. The summed E-state index contributed by atoms with van der Waals surface area (Å²) in [5.41, 5.74) is 3.01. The molecule has 1 aliphatic heterocycles. The largest absolute Gasteiger partial charge is 0.361 e. The summed E-state index contributed by atoms with van der Waals surface area (Å²) >= 11 is 0. The van der Waals surface area contributed by atoms with Crippen molar-refractivity contribution in [3.8, 4) is 0 Å². The van der Waals surface area contributed by atoms with Gasteiger partial charge in [-0.1, -0.05) is 43.3 Å². The zero-order valence-corrected chi connectivity index (χ0v) is 15.0. The molecule has 132 valence electrons. The Kier molecular flexibility index (Phi) is 4.12. The quantitative estimate of drug-likeness (QED) is 0.930. The zero-order chi connectivity index (χ0) is 17.6. The van der Waals surface area contributed by atoms with E-state index in [1.807, 2.05) is 0 Å². The van der Waals surface area contributed by atoms with Gasteiger partial charge in [0.2, 0.25) is 0 Å². The molecule has 5 nitrogen and oxygen atoms in total. The lowest BCUT2D eigenvalue weighted by Crippen LogP contribution is -2.34. The van der Waals surface area contributed by atoms with Crippen LogP contribution in [0.15, 0.2) is 34.9 Å². The van der Waals surface area contributed by atoms with Crippen molar-refractivity contribution in [3.05, 3.63) is 52.9 Å². The molecule has 1 aliphatic carbocycles. The molecule has 2 heterocycles. The molecule has 1 aromatic carbocycles. The van der Waals surface area contributed by atoms with Gasteiger partial charge < -0.3 is 14.7 Å². The molecule has 0 radical (unpaired) electrons. The number of hydrogen-bond donors (Lipinski definition) is 1. The topological polar surface area (TPSA) is 58.4 Å². The first-order chi connectivity index (χ1) is 12.0. The SMILES string of the molecule is Cc1cc(C(=O)N[C@@H]2c3ccccc3[C@@H]3CN(CC(C)C)C[C@H]23)no1. The van der Waals surface area contributed by atoms with E-state index in [1.165, 1.54) is 11.1 Å². The number of fused-ring (bicyclic) bond motifs is 3. The van der Waals surface area contributed by atoms with Gasteiger partial charge in [0.1, 0.15) is 5.76 Å². The zero-order valence-electron chi connectivity index (χ0n) is 15.0. The molecule has 4 rings (SSSR count). The Bertz CT molecular complexity index is 783.